The Hall–Kier alpha value is -3.10. The second kappa shape index (κ2) is 10.7. The molecule has 174 valence electrons. The van der Waals surface area contributed by atoms with Crippen LogP contribution in [0.1, 0.15) is 24.3 Å². The van der Waals surface area contributed by atoms with Gasteiger partial charge in [0.25, 0.3) is 0 Å². The molecule has 1 atom stereocenters. The summed E-state index contributed by atoms with van der Waals surface area (Å²) in [7, 11) is 3.17. The largest absolute Gasteiger partial charge is 0.493 e. The lowest BCUT2D eigenvalue weighted by atomic mass is 9.97. The molecule has 1 unspecified atom stereocenters. The second-order valence-corrected chi connectivity index (χ2v) is 8.37. The number of amides is 1. The van der Waals surface area contributed by atoms with Gasteiger partial charge >= 0.3 is 0 Å². The highest BCUT2D eigenvalue weighted by molar-refractivity contribution is 6.31. The Morgan fingerprint density at radius 2 is 2.03 bits per heavy atom. The van der Waals surface area contributed by atoms with Crippen LogP contribution >= 0.6 is 11.6 Å². The summed E-state index contributed by atoms with van der Waals surface area (Å²) in [6.07, 6.45) is 1.78. The van der Waals surface area contributed by atoms with Crippen molar-refractivity contribution in [1.82, 2.24) is 20.4 Å². The number of nitrogens with zero attached hydrogens (tertiary/aromatic N) is 3. The number of aromatic nitrogens is 2. The number of methoxy groups -OCH3 is 2. The Morgan fingerprint density at radius 3 is 2.82 bits per heavy atom. The Balaban J connectivity index is 1.35. The Kier molecular flexibility index (Phi) is 7.47. The lowest BCUT2D eigenvalue weighted by molar-refractivity contribution is -0.127. The number of carbonyl (C=O) groups excluding carboxylic acids is 1. The maximum absolute atomic E-state index is 12.7. The van der Waals surface area contributed by atoms with Crippen LogP contribution in [0.15, 0.2) is 47.0 Å². The molecule has 1 aliphatic rings. The molecule has 1 amide bonds. The van der Waals surface area contributed by atoms with Gasteiger partial charge in [-0.1, -0.05) is 35.0 Å². The second-order valence-electron chi connectivity index (χ2n) is 7.96. The van der Waals surface area contributed by atoms with Crippen LogP contribution in [0.4, 0.5) is 0 Å². The fourth-order valence-corrected chi connectivity index (χ4v) is 4.19. The number of benzene rings is 2. The van der Waals surface area contributed by atoms with Crippen molar-refractivity contribution in [2.75, 3.05) is 27.3 Å². The normalized spacial score (nSPS) is 16.4. The average Bonchev–Trinajstić information content (AvgIpc) is 3.31. The smallest absolute Gasteiger partial charge is 0.241 e. The summed E-state index contributed by atoms with van der Waals surface area (Å²) < 4.78 is 16.1. The number of likely N-dealkylation sites (tertiary alicyclic amines) is 1. The van der Waals surface area contributed by atoms with Crippen LogP contribution in [0.3, 0.4) is 0 Å². The molecule has 0 saturated carbocycles. The van der Waals surface area contributed by atoms with Gasteiger partial charge in [-0.25, -0.2) is 0 Å². The van der Waals surface area contributed by atoms with E-state index in [2.05, 4.69) is 20.4 Å². The fourth-order valence-electron chi connectivity index (χ4n) is 3.98. The van der Waals surface area contributed by atoms with E-state index < -0.39 is 0 Å². The monoisotopic (exact) mass is 470 g/mol. The molecule has 0 bridgehead atoms. The number of piperidine rings is 1. The van der Waals surface area contributed by atoms with Crippen LogP contribution in [0, 0.1) is 5.92 Å². The number of hydrogen-bond donors (Lipinski definition) is 1. The Morgan fingerprint density at radius 1 is 1.21 bits per heavy atom. The molecule has 3 aromatic rings. The zero-order chi connectivity index (χ0) is 23.2. The van der Waals surface area contributed by atoms with E-state index in [-0.39, 0.29) is 11.8 Å². The van der Waals surface area contributed by atoms with Crippen molar-refractivity contribution in [3.8, 4) is 22.9 Å². The van der Waals surface area contributed by atoms with Crippen molar-refractivity contribution in [2.24, 2.45) is 5.92 Å². The molecule has 9 heteroatoms. The Labute approximate surface area is 197 Å². The molecule has 1 aliphatic heterocycles. The summed E-state index contributed by atoms with van der Waals surface area (Å²) in [6, 6.07) is 13.0. The predicted molar refractivity (Wildman–Crippen MR) is 124 cm³/mol. The first-order chi connectivity index (χ1) is 16.1. The Bertz CT molecular complexity index is 1100. The number of ether oxygens (including phenoxy) is 2. The van der Waals surface area contributed by atoms with Gasteiger partial charge in [0.05, 0.1) is 26.7 Å². The maximum atomic E-state index is 12.7. The molecule has 0 radical (unpaired) electrons. The van der Waals surface area contributed by atoms with Crippen molar-refractivity contribution in [3.05, 3.63) is 58.9 Å². The lowest BCUT2D eigenvalue weighted by Gasteiger charge is -2.30. The van der Waals surface area contributed by atoms with Crippen LogP contribution in [-0.2, 0) is 17.9 Å². The fraction of sp³-hybridized carbons (Fsp3) is 0.375. The predicted octanol–water partition coefficient (Wildman–Crippen LogP) is 3.94. The standard InChI is InChI=1S/C24H27ClN4O4/c1-31-20-10-9-16(12-21(20)32-2)23-27-22(33-28-23)15-29-11-5-7-18(14-29)24(30)26-13-17-6-3-4-8-19(17)25/h3-4,6,8-10,12,18H,5,7,11,13-15H2,1-2H3,(H,26,30). The van der Waals surface area contributed by atoms with E-state index in [9.17, 15) is 4.79 Å². The molecule has 33 heavy (non-hydrogen) atoms. The SMILES string of the molecule is COc1ccc(-c2noc(CN3CCCC(C(=O)NCc4ccccc4Cl)C3)n2)cc1OC. The van der Waals surface area contributed by atoms with Crippen molar-refractivity contribution in [1.29, 1.82) is 0 Å². The van der Waals surface area contributed by atoms with E-state index in [1.165, 1.54) is 0 Å². The lowest BCUT2D eigenvalue weighted by Crippen LogP contribution is -2.42. The molecule has 4 rings (SSSR count). The maximum Gasteiger partial charge on any atom is 0.241 e. The van der Waals surface area contributed by atoms with Gasteiger partial charge in [0, 0.05) is 23.7 Å². The van der Waals surface area contributed by atoms with E-state index in [1.807, 2.05) is 36.4 Å². The van der Waals surface area contributed by atoms with Crippen LogP contribution in [0.25, 0.3) is 11.4 Å². The molecule has 1 aromatic heterocycles. The van der Waals surface area contributed by atoms with Crippen molar-refractivity contribution in [2.45, 2.75) is 25.9 Å². The number of carbonyl (C=O) groups is 1. The van der Waals surface area contributed by atoms with Crippen LogP contribution in [-0.4, -0.2) is 48.3 Å². The van der Waals surface area contributed by atoms with Gasteiger partial charge in [0.15, 0.2) is 11.5 Å². The van der Waals surface area contributed by atoms with Crippen LogP contribution in [0.2, 0.25) is 5.02 Å². The van der Waals surface area contributed by atoms with Crippen LogP contribution < -0.4 is 14.8 Å². The van der Waals surface area contributed by atoms with Crippen molar-refractivity contribution >= 4 is 17.5 Å². The quantitative estimate of drug-likeness (QED) is 0.533. The van der Waals surface area contributed by atoms with E-state index in [0.717, 1.165) is 30.5 Å². The topological polar surface area (TPSA) is 89.7 Å². The minimum atomic E-state index is -0.0884. The molecule has 2 aromatic carbocycles. The zero-order valence-electron chi connectivity index (χ0n) is 18.7. The number of hydrogen-bond acceptors (Lipinski definition) is 7. The molecular weight excluding hydrogens is 444 g/mol. The van der Waals surface area contributed by atoms with Gasteiger partial charge in [-0.2, -0.15) is 4.98 Å². The molecular formula is C24H27ClN4O4. The molecule has 2 heterocycles. The van der Waals surface area contributed by atoms with E-state index in [0.29, 0.717) is 47.9 Å². The summed E-state index contributed by atoms with van der Waals surface area (Å²) in [4.78, 5) is 19.4. The third-order valence-electron chi connectivity index (χ3n) is 5.76. The summed E-state index contributed by atoms with van der Waals surface area (Å²) in [5, 5.41) is 7.78. The minimum absolute atomic E-state index is 0.0381. The summed E-state index contributed by atoms with van der Waals surface area (Å²) >= 11 is 6.19. The first kappa shape index (κ1) is 23.1. The van der Waals surface area contributed by atoms with Crippen molar-refractivity contribution < 1.29 is 18.8 Å². The minimum Gasteiger partial charge on any atom is -0.493 e. The molecule has 1 saturated heterocycles. The molecule has 8 nitrogen and oxygen atoms in total. The summed E-state index contributed by atoms with van der Waals surface area (Å²) in [5.74, 6) is 2.18. The van der Waals surface area contributed by atoms with Crippen LogP contribution in [0.5, 0.6) is 11.5 Å². The van der Waals surface area contributed by atoms with E-state index in [4.69, 9.17) is 25.6 Å². The third kappa shape index (κ3) is 5.64. The number of nitrogens with one attached hydrogen (secondary N) is 1. The number of halogens is 1. The van der Waals surface area contributed by atoms with Gasteiger partial charge in [0.2, 0.25) is 17.6 Å². The summed E-state index contributed by atoms with van der Waals surface area (Å²) in [6.45, 7) is 2.44. The average molecular weight is 471 g/mol. The van der Waals surface area contributed by atoms with E-state index >= 15 is 0 Å². The first-order valence-corrected chi connectivity index (χ1v) is 11.2. The van der Waals surface area contributed by atoms with Gasteiger partial charge in [-0.05, 0) is 49.2 Å². The molecule has 0 spiro atoms. The summed E-state index contributed by atoms with van der Waals surface area (Å²) in [5.41, 5.74) is 1.69. The van der Waals surface area contributed by atoms with E-state index in [1.54, 1.807) is 20.3 Å². The van der Waals surface area contributed by atoms with Gasteiger partial charge < -0.3 is 19.3 Å². The highest BCUT2D eigenvalue weighted by Gasteiger charge is 2.27. The highest BCUT2D eigenvalue weighted by atomic mass is 35.5. The molecule has 1 N–H and O–H groups in total. The first-order valence-electron chi connectivity index (χ1n) is 10.9. The van der Waals surface area contributed by atoms with Gasteiger partial charge in [-0.3, -0.25) is 9.69 Å². The zero-order valence-corrected chi connectivity index (χ0v) is 19.5. The third-order valence-corrected chi connectivity index (χ3v) is 6.12. The van der Waals surface area contributed by atoms with Gasteiger partial charge in [-0.15, -0.1) is 0 Å². The van der Waals surface area contributed by atoms with Crippen molar-refractivity contribution in [3.63, 3.8) is 0 Å². The molecule has 0 aliphatic carbocycles. The highest BCUT2D eigenvalue weighted by Crippen LogP contribution is 2.31. The molecule has 1 fully saturated rings. The number of rotatable bonds is 8. The van der Waals surface area contributed by atoms with Gasteiger partial charge in [0.1, 0.15) is 0 Å².